The molecule has 0 heterocycles. The molecule has 0 aromatic carbocycles. The predicted molar refractivity (Wildman–Crippen MR) is 102 cm³/mol. The molecule has 162 valence electrons. The third-order valence-electron chi connectivity index (χ3n) is 5.18. The van der Waals surface area contributed by atoms with Crippen molar-refractivity contribution in [2.24, 2.45) is 16.7 Å². The molecule has 2 N–H and O–H groups in total. The molecule has 0 amide bonds. The zero-order valence-electron chi connectivity index (χ0n) is 17.6. The van der Waals surface area contributed by atoms with Crippen LogP contribution in [0.5, 0.6) is 0 Å². The monoisotopic (exact) mass is 402 g/mol. The fourth-order valence-electron chi connectivity index (χ4n) is 3.75. The van der Waals surface area contributed by atoms with Gasteiger partial charge >= 0.3 is 23.9 Å². The van der Waals surface area contributed by atoms with Gasteiger partial charge in [0, 0.05) is 6.42 Å². The smallest absolute Gasteiger partial charge is 0.311 e. The predicted octanol–water partition coefficient (Wildman–Crippen LogP) is 3.27. The Balaban J connectivity index is 5.25. The molecule has 0 fully saturated rings. The van der Waals surface area contributed by atoms with Gasteiger partial charge in [-0.3, -0.25) is 19.2 Å². The minimum Gasteiger partial charge on any atom is -0.481 e. The average molecular weight is 402 g/mol. The van der Waals surface area contributed by atoms with Crippen molar-refractivity contribution in [3.05, 3.63) is 0 Å². The van der Waals surface area contributed by atoms with Crippen LogP contribution in [0.25, 0.3) is 0 Å². The molecule has 0 radical (unpaired) electrons. The van der Waals surface area contributed by atoms with Crippen LogP contribution in [0, 0.1) is 16.7 Å². The molecular formula is C20H34O8. The van der Waals surface area contributed by atoms with E-state index in [-0.39, 0.29) is 19.3 Å². The third kappa shape index (κ3) is 8.27. The Labute approximate surface area is 166 Å². The number of carbonyl (C=O) groups excluding carboxylic acids is 2. The van der Waals surface area contributed by atoms with E-state index in [2.05, 4.69) is 0 Å². The number of carboxylic acids is 2. The lowest BCUT2D eigenvalue weighted by Crippen LogP contribution is -2.41. The molecule has 0 saturated carbocycles. The molecule has 3 unspecified atom stereocenters. The molecular weight excluding hydrogens is 368 g/mol. The fraction of sp³-hybridized carbons (Fsp3) is 0.800. The summed E-state index contributed by atoms with van der Waals surface area (Å²) in [6.45, 7) is 4.84. The maximum atomic E-state index is 12.5. The Hall–Kier alpha value is -2.12. The number of unbranched alkanes of at least 4 members (excludes halogenated alkanes) is 3. The van der Waals surface area contributed by atoms with E-state index in [4.69, 9.17) is 14.6 Å². The van der Waals surface area contributed by atoms with Crippen LogP contribution in [-0.4, -0.2) is 48.3 Å². The highest BCUT2D eigenvalue weighted by molar-refractivity contribution is 5.81. The molecule has 0 aliphatic carbocycles. The lowest BCUT2D eigenvalue weighted by Gasteiger charge is -2.37. The Bertz CT molecular complexity index is 558. The van der Waals surface area contributed by atoms with E-state index in [0.29, 0.717) is 19.3 Å². The van der Waals surface area contributed by atoms with Crippen molar-refractivity contribution < 1.29 is 38.9 Å². The first kappa shape index (κ1) is 25.9. The van der Waals surface area contributed by atoms with Gasteiger partial charge in [-0.1, -0.05) is 26.2 Å². The number of methoxy groups -OCH3 is 2. The lowest BCUT2D eigenvalue weighted by molar-refractivity contribution is -0.162. The molecule has 0 aromatic rings. The molecule has 0 spiro atoms. The van der Waals surface area contributed by atoms with Gasteiger partial charge in [0.05, 0.1) is 31.0 Å². The van der Waals surface area contributed by atoms with Crippen LogP contribution in [0.15, 0.2) is 0 Å². The molecule has 0 aromatic heterocycles. The van der Waals surface area contributed by atoms with Gasteiger partial charge in [0.25, 0.3) is 0 Å². The van der Waals surface area contributed by atoms with Crippen LogP contribution in [-0.2, 0) is 28.7 Å². The first-order valence-electron chi connectivity index (χ1n) is 9.53. The van der Waals surface area contributed by atoms with Crippen molar-refractivity contribution in [2.45, 2.75) is 72.1 Å². The highest BCUT2D eigenvalue weighted by atomic mass is 16.5. The zero-order chi connectivity index (χ0) is 22.0. The van der Waals surface area contributed by atoms with Crippen LogP contribution in [0.2, 0.25) is 0 Å². The topological polar surface area (TPSA) is 127 Å². The van der Waals surface area contributed by atoms with E-state index in [0.717, 1.165) is 12.8 Å². The maximum Gasteiger partial charge on any atom is 0.311 e. The normalized spacial score (nSPS) is 16.3. The summed E-state index contributed by atoms with van der Waals surface area (Å²) in [6.07, 6.45) is 3.42. The Morgan fingerprint density at radius 3 is 1.82 bits per heavy atom. The number of aliphatic carboxylic acids is 2. The Kier molecular flexibility index (Phi) is 10.8. The number of rotatable bonds is 14. The molecule has 0 saturated heterocycles. The van der Waals surface area contributed by atoms with E-state index in [1.165, 1.54) is 21.1 Å². The average Bonchev–Trinajstić information content (AvgIpc) is 2.62. The van der Waals surface area contributed by atoms with Crippen LogP contribution < -0.4 is 0 Å². The van der Waals surface area contributed by atoms with Gasteiger partial charge in [-0.25, -0.2) is 0 Å². The van der Waals surface area contributed by atoms with Gasteiger partial charge in [-0.15, -0.1) is 0 Å². The number of hydrogen-bond acceptors (Lipinski definition) is 6. The van der Waals surface area contributed by atoms with Crippen molar-refractivity contribution >= 4 is 23.9 Å². The summed E-state index contributed by atoms with van der Waals surface area (Å²) in [5.41, 5.74) is -2.14. The summed E-state index contributed by atoms with van der Waals surface area (Å²) < 4.78 is 9.85. The Morgan fingerprint density at radius 1 is 0.857 bits per heavy atom. The van der Waals surface area contributed by atoms with Gasteiger partial charge < -0.3 is 19.7 Å². The minimum absolute atomic E-state index is 0.0419. The Morgan fingerprint density at radius 2 is 1.36 bits per heavy atom. The largest absolute Gasteiger partial charge is 0.481 e. The van der Waals surface area contributed by atoms with Crippen molar-refractivity contribution in [1.82, 2.24) is 0 Å². The zero-order valence-corrected chi connectivity index (χ0v) is 17.6. The molecule has 0 aliphatic rings. The second-order valence-corrected chi connectivity index (χ2v) is 8.03. The molecule has 28 heavy (non-hydrogen) atoms. The van der Waals surface area contributed by atoms with Crippen LogP contribution in [0.4, 0.5) is 0 Å². The van der Waals surface area contributed by atoms with Crippen LogP contribution in [0.3, 0.4) is 0 Å². The number of ether oxygens (including phenoxy) is 2. The molecule has 8 heteroatoms. The van der Waals surface area contributed by atoms with E-state index < -0.39 is 40.6 Å². The van der Waals surface area contributed by atoms with E-state index in [1.807, 2.05) is 0 Å². The van der Waals surface area contributed by atoms with Gasteiger partial charge in [-0.05, 0) is 39.5 Å². The molecule has 0 bridgehead atoms. The summed E-state index contributed by atoms with van der Waals surface area (Å²) in [4.78, 5) is 46.8. The molecule has 8 nitrogen and oxygen atoms in total. The summed E-state index contributed by atoms with van der Waals surface area (Å²) in [5.74, 6) is -3.65. The van der Waals surface area contributed by atoms with Crippen LogP contribution >= 0.6 is 0 Å². The molecule has 3 atom stereocenters. The summed E-state index contributed by atoms with van der Waals surface area (Å²) in [5, 5.41) is 17.9. The highest BCUT2D eigenvalue weighted by Crippen LogP contribution is 2.43. The van der Waals surface area contributed by atoms with Gasteiger partial charge in [0.2, 0.25) is 0 Å². The first-order chi connectivity index (χ1) is 12.9. The van der Waals surface area contributed by atoms with Gasteiger partial charge in [-0.2, -0.15) is 0 Å². The van der Waals surface area contributed by atoms with Crippen molar-refractivity contribution in [2.75, 3.05) is 14.2 Å². The lowest BCUT2D eigenvalue weighted by atomic mass is 9.67. The second-order valence-electron chi connectivity index (χ2n) is 8.03. The first-order valence-corrected chi connectivity index (χ1v) is 9.53. The van der Waals surface area contributed by atoms with Crippen molar-refractivity contribution in [1.29, 1.82) is 0 Å². The number of hydrogen-bond donors (Lipinski definition) is 2. The number of carboxylic acid groups (broad SMARTS) is 2. The molecule has 0 aliphatic heterocycles. The SMILES string of the molecule is COC(=O)C(C)(CCCCCCC(=O)O)CC(C)(CC(C)C(=O)O)C(=O)OC. The van der Waals surface area contributed by atoms with Gasteiger partial charge in [0.15, 0.2) is 0 Å². The van der Waals surface area contributed by atoms with Crippen LogP contribution in [0.1, 0.15) is 72.1 Å². The van der Waals surface area contributed by atoms with Crippen molar-refractivity contribution in [3.8, 4) is 0 Å². The van der Waals surface area contributed by atoms with E-state index >= 15 is 0 Å². The summed E-state index contributed by atoms with van der Waals surface area (Å²) in [6, 6.07) is 0. The van der Waals surface area contributed by atoms with Crippen molar-refractivity contribution in [3.63, 3.8) is 0 Å². The quantitative estimate of drug-likeness (QED) is 0.335. The summed E-state index contributed by atoms with van der Waals surface area (Å²) >= 11 is 0. The highest BCUT2D eigenvalue weighted by Gasteiger charge is 2.47. The van der Waals surface area contributed by atoms with E-state index in [9.17, 15) is 24.3 Å². The minimum atomic E-state index is -1.15. The molecule has 0 rings (SSSR count). The summed E-state index contributed by atoms with van der Waals surface area (Å²) in [7, 11) is 2.52. The fourth-order valence-corrected chi connectivity index (χ4v) is 3.75. The number of esters is 2. The van der Waals surface area contributed by atoms with Gasteiger partial charge in [0.1, 0.15) is 0 Å². The standard InChI is InChI=1S/C20H34O8/c1-14(16(23)24)12-20(3,18(26)28-5)13-19(2,17(25)27-4)11-9-7-6-8-10-15(21)22/h14H,6-13H2,1-5H3,(H,21,22)(H,23,24). The van der Waals surface area contributed by atoms with E-state index in [1.54, 1.807) is 13.8 Å². The number of carbonyl (C=O) groups is 4. The maximum absolute atomic E-state index is 12.5. The second kappa shape index (κ2) is 11.7. The third-order valence-corrected chi connectivity index (χ3v) is 5.18.